The molecule has 2 amide bonds. The number of nitrogens with one attached hydrogen (secondary N) is 1. The Balaban J connectivity index is 1.66. The van der Waals surface area contributed by atoms with Gasteiger partial charge in [0.15, 0.2) is 0 Å². The second kappa shape index (κ2) is 13.1. The molecule has 0 saturated carbocycles. The molecule has 1 heterocycles. The summed E-state index contributed by atoms with van der Waals surface area (Å²) in [7, 11) is 0. The van der Waals surface area contributed by atoms with Crippen molar-refractivity contribution in [2.24, 2.45) is 0 Å². The predicted octanol–water partition coefficient (Wildman–Crippen LogP) is 8.28. The van der Waals surface area contributed by atoms with E-state index in [9.17, 15) is 9.59 Å². The van der Waals surface area contributed by atoms with Crippen molar-refractivity contribution in [3.05, 3.63) is 129 Å². The van der Waals surface area contributed by atoms with Crippen LogP contribution in [0.15, 0.2) is 102 Å². The zero-order valence-electron chi connectivity index (χ0n) is 23.3. The van der Waals surface area contributed by atoms with Crippen LogP contribution in [0.25, 0.3) is 16.6 Å². The number of carbonyl (C=O) groups excluding carboxylic acids is 1. The van der Waals surface area contributed by atoms with Crippen molar-refractivity contribution < 1.29 is 9.53 Å². The van der Waals surface area contributed by atoms with Crippen molar-refractivity contribution in [2.45, 2.75) is 32.9 Å². The summed E-state index contributed by atoms with van der Waals surface area (Å²) >= 11 is 12.3. The molecule has 5 rings (SSSR count). The number of hydrogen-bond donors (Lipinski definition) is 1. The number of fused-ring (bicyclic) bond motifs is 1. The molecular weight excluding hydrogens is 571 g/mol. The predicted molar refractivity (Wildman–Crippen MR) is 169 cm³/mol. The van der Waals surface area contributed by atoms with Crippen LogP contribution in [0.3, 0.4) is 0 Å². The van der Waals surface area contributed by atoms with Gasteiger partial charge in [0.1, 0.15) is 11.6 Å². The summed E-state index contributed by atoms with van der Waals surface area (Å²) in [6, 6.07) is 28.2. The molecule has 42 heavy (non-hydrogen) atoms. The minimum atomic E-state index is -0.572. The molecular formula is C33H30Cl2N4O3. The minimum absolute atomic E-state index is 0.220. The fraction of sp³-hybridized carbons (Fsp3) is 0.182. The molecule has 4 aromatic carbocycles. The Morgan fingerprint density at radius 1 is 0.929 bits per heavy atom. The molecule has 0 bridgehead atoms. The smallest absolute Gasteiger partial charge is 0.322 e. The van der Waals surface area contributed by atoms with Crippen LogP contribution < -0.4 is 15.6 Å². The van der Waals surface area contributed by atoms with Gasteiger partial charge in [-0.15, -0.1) is 0 Å². The number of anilines is 1. The summed E-state index contributed by atoms with van der Waals surface area (Å²) in [5.74, 6) is 1.15. The van der Waals surface area contributed by atoms with Crippen LogP contribution in [-0.2, 0) is 6.54 Å². The number of ether oxygens (including phenoxy) is 1. The van der Waals surface area contributed by atoms with Crippen LogP contribution in [0.4, 0.5) is 10.5 Å². The van der Waals surface area contributed by atoms with E-state index in [4.69, 9.17) is 32.9 Å². The maximum Gasteiger partial charge on any atom is 0.322 e. The number of nitrogens with zero attached hydrogens (tertiary/aromatic N) is 3. The van der Waals surface area contributed by atoms with E-state index in [1.165, 1.54) is 0 Å². The largest absolute Gasteiger partial charge is 0.494 e. The SMILES string of the molecule is CCOc1ccc(-n2c(C(CC)N(Cc3ccccc3)C(=O)Nc3ccc(Cl)c(Cl)c3)nc3ccccc3c2=O)cc1. The first-order valence-corrected chi connectivity index (χ1v) is 14.5. The standard InChI is InChI=1S/C33H30Cl2N4O3/c1-3-30(38(21-22-10-6-5-7-11-22)33(41)36-23-14-19-27(34)28(35)20-23)31-37-29-13-9-8-12-26(29)32(40)39(31)24-15-17-25(18-16-24)42-4-2/h5-20,30H,3-4,21H2,1-2H3,(H,36,41). The van der Waals surface area contributed by atoms with Crippen molar-refractivity contribution in [3.8, 4) is 11.4 Å². The fourth-order valence-electron chi connectivity index (χ4n) is 4.90. The Kier molecular flexibility index (Phi) is 9.10. The summed E-state index contributed by atoms with van der Waals surface area (Å²) < 4.78 is 7.22. The first-order chi connectivity index (χ1) is 20.4. The van der Waals surface area contributed by atoms with Gasteiger partial charge < -0.3 is 15.0 Å². The average molecular weight is 602 g/mol. The molecule has 0 aliphatic carbocycles. The summed E-state index contributed by atoms with van der Waals surface area (Å²) in [5, 5.41) is 4.17. The Morgan fingerprint density at radius 2 is 1.64 bits per heavy atom. The average Bonchev–Trinajstić information content (AvgIpc) is 3.00. The second-order valence-electron chi connectivity index (χ2n) is 9.65. The molecule has 0 aliphatic heterocycles. The Bertz CT molecular complexity index is 1760. The van der Waals surface area contributed by atoms with Gasteiger partial charge in [-0.05, 0) is 73.5 Å². The van der Waals surface area contributed by atoms with E-state index in [2.05, 4.69) is 5.32 Å². The van der Waals surface area contributed by atoms with Gasteiger partial charge in [0.25, 0.3) is 5.56 Å². The van der Waals surface area contributed by atoms with Crippen molar-refractivity contribution in [1.82, 2.24) is 14.5 Å². The van der Waals surface area contributed by atoms with E-state index in [1.54, 1.807) is 33.7 Å². The fourth-order valence-corrected chi connectivity index (χ4v) is 5.19. The first-order valence-electron chi connectivity index (χ1n) is 13.7. The molecule has 0 aliphatic rings. The normalized spacial score (nSPS) is 11.7. The van der Waals surface area contributed by atoms with Crippen LogP contribution in [0.1, 0.15) is 37.7 Å². The first kappa shape index (κ1) is 29.2. The maximum absolute atomic E-state index is 14.0. The zero-order chi connectivity index (χ0) is 29.6. The van der Waals surface area contributed by atoms with Gasteiger partial charge >= 0.3 is 6.03 Å². The van der Waals surface area contributed by atoms with Crippen LogP contribution in [-0.4, -0.2) is 27.1 Å². The van der Waals surface area contributed by atoms with Gasteiger partial charge in [0.2, 0.25) is 0 Å². The number of urea groups is 1. The number of rotatable bonds is 9. The van der Waals surface area contributed by atoms with E-state index in [0.29, 0.717) is 56.9 Å². The quantitative estimate of drug-likeness (QED) is 0.185. The highest BCUT2D eigenvalue weighted by molar-refractivity contribution is 6.42. The zero-order valence-corrected chi connectivity index (χ0v) is 24.8. The maximum atomic E-state index is 14.0. The molecule has 0 fully saturated rings. The molecule has 1 atom stereocenters. The Labute approximate surface area is 254 Å². The van der Waals surface area contributed by atoms with Crippen LogP contribution in [0.2, 0.25) is 10.0 Å². The summed E-state index contributed by atoms with van der Waals surface area (Å²) in [5.41, 5.74) is 2.39. The molecule has 214 valence electrons. The van der Waals surface area contributed by atoms with Crippen molar-refractivity contribution in [3.63, 3.8) is 0 Å². The minimum Gasteiger partial charge on any atom is -0.494 e. The summed E-state index contributed by atoms with van der Waals surface area (Å²) in [4.78, 5) is 34.7. The molecule has 7 nitrogen and oxygen atoms in total. The van der Waals surface area contributed by atoms with Crippen molar-refractivity contribution >= 4 is 45.8 Å². The molecule has 0 spiro atoms. The van der Waals surface area contributed by atoms with Crippen LogP contribution >= 0.6 is 23.2 Å². The molecule has 0 radical (unpaired) electrons. The number of amides is 2. The number of hydrogen-bond acceptors (Lipinski definition) is 4. The Morgan fingerprint density at radius 3 is 2.33 bits per heavy atom. The lowest BCUT2D eigenvalue weighted by molar-refractivity contribution is 0.177. The molecule has 1 unspecified atom stereocenters. The van der Waals surface area contributed by atoms with Gasteiger partial charge in [-0.25, -0.2) is 9.78 Å². The number of para-hydroxylation sites is 1. The highest BCUT2D eigenvalue weighted by atomic mass is 35.5. The van der Waals surface area contributed by atoms with E-state index in [-0.39, 0.29) is 18.1 Å². The lowest BCUT2D eigenvalue weighted by atomic mass is 10.1. The number of aromatic nitrogens is 2. The van der Waals surface area contributed by atoms with Crippen LogP contribution in [0, 0.1) is 0 Å². The highest BCUT2D eigenvalue weighted by Gasteiger charge is 2.29. The van der Waals surface area contributed by atoms with E-state index in [1.807, 2.05) is 86.6 Å². The second-order valence-corrected chi connectivity index (χ2v) is 10.5. The summed E-state index contributed by atoms with van der Waals surface area (Å²) in [6.07, 6.45) is 0.490. The number of halogens is 2. The highest BCUT2D eigenvalue weighted by Crippen LogP contribution is 2.30. The van der Waals surface area contributed by atoms with E-state index < -0.39 is 6.04 Å². The lowest BCUT2D eigenvalue weighted by Crippen LogP contribution is -2.40. The third kappa shape index (κ3) is 6.27. The van der Waals surface area contributed by atoms with Gasteiger partial charge in [-0.2, -0.15) is 0 Å². The van der Waals surface area contributed by atoms with Crippen molar-refractivity contribution in [2.75, 3.05) is 11.9 Å². The molecule has 5 aromatic rings. The number of benzene rings is 4. The molecule has 9 heteroatoms. The van der Waals surface area contributed by atoms with E-state index >= 15 is 0 Å². The topological polar surface area (TPSA) is 76.5 Å². The van der Waals surface area contributed by atoms with Gasteiger partial charge in [0, 0.05) is 12.2 Å². The van der Waals surface area contributed by atoms with Gasteiger partial charge in [0.05, 0.1) is 39.3 Å². The molecule has 1 aromatic heterocycles. The third-order valence-electron chi connectivity index (χ3n) is 6.90. The van der Waals surface area contributed by atoms with Gasteiger partial charge in [-0.3, -0.25) is 9.36 Å². The molecule has 0 saturated heterocycles. The van der Waals surface area contributed by atoms with E-state index in [0.717, 1.165) is 5.56 Å². The summed E-state index contributed by atoms with van der Waals surface area (Å²) in [6.45, 7) is 4.69. The number of carbonyl (C=O) groups is 1. The monoisotopic (exact) mass is 600 g/mol. The van der Waals surface area contributed by atoms with Crippen molar-refractivity contribution in [1.29, 1.82) is 0 Å². The Hall–Kier alpha value is -4.33. The van der Waals surface area contributed by atoms with Gasteiger partial charge in [-0.1, -0.05) is 72.6 Å². The molecule has 1 N–H and O–H groups in total. The lowest BCUT2D eigenvalue weighted by Gasteiger charge is -2.32. The van der Waals surface area contributed by atoms with Crippen LogP contribution in [0.5, 0.6) is 5.75 Å². The third-order valence-corrected chi connectivity index (χ3v) is 7.64.